The van der Waals surface area contributed by atoms with Gasteiger partial charge in [0.15, 0.2) is 0 Å². The van der Waals surface area contributed by atoms with Crippen LogP contribution in [0.1, 0.15) is 0 Å². The standard InChI is InChI=1S/C22H15N3S.ClH/c1-2-7-16(8-3-1)18-13-26-22-20(18)21(23-14-24-22)25-19-12-6-10-15-9-4-5-11-17(15)19;/h1-14H,(H,23,24,25);1H. The van der Waals surface area contributed by atoms with Gasteiger partial charge in [-0.05, 0) is 17.0 Å². The van der Waals surface area contributed by atoms with Gasteiger partial charge in [0.25, 0.3) is 0 Å². The minimum absolute atomic E-state index is 0. The Kier molecular flexibility index (Phi) is 4.75. The number of anilines is 2. The minimum Gasteiger partial charge on any atom is -0.339 e. The number of aromatic nitrogens is 2. The quantitative estimate of drug-likeness (QED) is 0.374. The number of nitrogens with one attached hydrogen (secondary N) is 1. The summed E-state index contributed by atoms with van der Waals surface area (Å²) in [5.41, 5.74) is 3.39. The minimum atomic E-state index is 0. The predicted octanol–water partition coefficient (Wildman–Crippen LogP) is 6.68. The Bertz CT molecular complexity index is 1210. The molecule has 0 aliphatic rings. The first-order valence-electron chi connectivity index (χ1n) is 8.42. The molecular weight excluding hydrogens is 374 g/mol. The van der Waals surface area contributed by atoms with Gasteiger partial charge < -0.3 is 5.32 Å². The smallest absolute Gasteiger partial charge is 0.143 e. The normalized spacial score (nSPS) is 10.7. The molecule has 0 amide bonds. The molecule has 2 aromatic heterocycles. The molecule has 5 aromatic rings. The summed E-state index contributed by atoms with van der Waals surface area (Å²) in [6.07, 6.45) is 1.63. The summed E-state index contributed by atoms with van der Waals surface area (Å²) in [5.74, 6) is 0.839. The second-order valence-corrected chi connectivity index (χ2v) is 6.93. The van der Waals surface area contributed by atoms with Crippen molar-refractivity contribution < 1.29 is 0 Å². The van der Waals surface area contributed by atoms with Crippen LogP contribution in [0.2, 0.25) is 0 Å². The maximum absolute atomic E-state index is 4.55. The van der Waals surface area contributed by atoms with Gasteiger partial charge in [-0.1, -0.05) is 66.7 Å². The Hall–Kier alpha value is -2.95. The number of rotatable bonds is 3. The molecule has 5 heteroatoms. The Morgan fingerprint density at radius 2 is 1.56 bits per heavy atom. The molecule has 2 heterocycles. The lowest BCUT2D eigenvalue weighted by Gasteiger charge is -2.11. The number of nitrogens with zero attached hydrogens (tertiary/aromatic N) is 2. The molecule has 0 aliphatic heterocycles. The number of hydrogen-bond donors (Lipinski definition) is 1. The molecular formula is C22H16ClN3S. The average molecular weight is 390 g/mol. The Labute approximate surface area is 167 Å². The third kappa shape index (κ3) is 3.14. The fourth-order valence-corrected chi connectivity index (χ4v) is 4.18. The van der Waals surface area contributed by atoms with Crippen LogP contribution in [0.5, 0.6) is 0 Å². The zero-order valence-corrected chi connectivity index (χ0v) is 15.9. The summed E-state index contributed by atoms with van der Waals surface area (Å²) < 4.78 is 0. The molecule has 5 rings (SSSR count). The van der Waals surface area contributed by atoms with Gasteiger partial charge in [-0.3, -0.25) is 0 Å². The Balaban J connectivity index is 0.00000180. The molecule has 0 fully saturated rings. The molecule has 0 atom stereocenters. The average Bonchev–Trinajstić information content (AvgIpc) is 3.14. The van der Waals surface area contributed by atoms with E-state index in [1.165, 1.54) is 16.3 Å². The summed E-state index contributed by atoms with van der Waals surface area (Å²) in [4.78, 5) is 10.00. The highest BCUT2D eigenvalue weighted by Crippen LogP contribution is 2.38. The number of thiophene rings is 1. The topological polar surface area (TPSA) is 37.8 Å². The van der Waals surface area contributed by atoms with E-state index in [9.17, 15) is 0 Å². The summed E-state index contributed by atoms with van der Waals surface area (Å²) in [6, 6.07) is 25.0. The van der Waals surface area contributed by atoms with E-state index >= 15 is 0 Å². The maximum atomic E-state index is 4.55. The molecule has 0 spiro atoms. The first-order chi connectivity index (χ1) is 12.9. The van der Waals surface area contributed by atoms with Crippen molar-refractivity contribution in [2.75, 3.05) is 5.32 Å². The molecule has 132 valence electrons. The van der Waals surface area contributed by atoms with Crippen LogP contribution in [-0.2, 0) is 0 Å². The lowest BCUT2D eigenvalue weighted by molar-refractivity contribution is 1.23. The van der Waals surface area contributed by atoms with Gasteiger partial charge >= 0.3 is 0 Å². The van der Waals surface area contributed by atoms with Crippen LogP contribution < -0.4 is 5.32 Å². The molecule has 0 radical (unpaired) electrons. The largest absolute Gasteiger partial charge is 0.339 e. The first kappa shape index (κ1) is 17.5. The fourth-order valence-electron chi connectivity index (χ4n) is 3.26. The maximum Gasteiger partial charge on any atom is 0.143 e. The van der Waals surface area contributed by atoms with Crippen LogP contribution in [0, 0.1) is 0 Å². The zero-order chi connectivity index (χ0) is 17.3. The highest BCUT2D eigenvalue weighted by molar-refractivity contribution is 7.17. The van der Waals surface area contributed by atoms with Gasteiger partial charge in [0.1, 0.15) is 17.0 Å². The molecule has 27 heavy (non-hydrogen) atoms. The van der Waals surface area contributed by atoms with Gasteiger partial charge in [-0.2, -0.15) is 0 Å². The van der Waals surface area contributed by atoms with Crippen molar-refractivity contribution in [1.29, 1.82) is 0 Å². The van der Waals surface area contributed by atoms with Crippen molar-refractivity contribution in [3.05, 3.63) is 84.5 Å². The van der Waals surface area contributed by atoms with Crippen molar-refractivity contribution in [2.24, 2.45) is 0 Å². The lowest BCUT2D eigenvalue weighted by atomic mass is 10.1. The van der Waals surface area contributed by atoms with E-state index in [4.69, 9.17) is 0 Å². The summed E-state index contributed by atoms with van der Waals surface area (Å²) >= 11 is 1.65. The molecule has 0 unspecified atom stereocenters. The molecule has 0 saturated carbocycles. The first-order valence-corrected chi connectivity index (χ1v) is 9.30. The van der Waals surface area contributed by atoms with Crippen molar-refractivity contribution in [3.63, 3.8) is 0 Å². The van der Waals surface area contributed by atoms with E-state index in [0.29, 0.717) is 0 Å². The second kappa shape index (κ2) is 7.35. The predicted molar refractivity (Wildman–Crippen MR) is 117 cm³/mol. The van der Waals surface area contributed by atoms with E-state index < -0.39 is 0 Å². The molecule has 3 nitrogen and oxygen atoms in total. The van der Waals surface area contributed by atoms with E-state index in [1.54, 1.807) is 17.7 Å². The number of hydrogen-bond acceptors (Lipinski definition) is 4. The van der Waals surface area contributed by atoms with Gasteiger partial charge in [-0.15, -0.1) is 23.7 Å². The summed E-state index contributed by atoms with van der Waals surface area (Å²) in [7, 11) is 0. The monoisotopic (exact) mass is 389 g/mol. The SMILES string of the molecule is Cl.c1ccc(-c2csc3ncnc(Nc4cccc5ccccc45)c23)cc1. The van der Waals surface area contributed by atoms with Gasteiger partial charge in [0.05, 0.1) is 5.39 Å². The van der Waals surface area contributed by atoms with Gasteiger partial charge in [0.2, 0.25) is 0 Å². The summed E-state index contributed by atoms with van der Waals surface area (Å²) in [5, 5.41) is 9.15. The van der Waals surface area contributed by atoms with Gasteiger partial charge in [0, 0.05) is 22.0 Å². The van der Waals surface area contributed by atoms with Crippen LogP contribution in [-0.4, -0.2) is 9.97 Å². The second-order valence-electron chi connectivity index (χ2n) is 6.07. The fraction of sp³-hybridized carbons (Fsp3) is 0. The van der Waals surface area contributed by atoms with E-state index in [-0.39, 0.29) is 12.4 Å². The highest BCUT2D eigenvalue weighted by atomic mass is 35.5. The zero-order valence-electron chi connectivity index (χ0n) is 14.3. The lowest BCUT2D eigenvalue weighted by Crippen LogP contribution is -1.96. The van der Waals surface area contributed by atoms with E-state index in [1.807, 2.05) is 6.07 Å². The molecule has 0 saturated heterocycles. The van der Waals surface area contributed by atoms with Crippen molar-refractivity contribution in [3.8, 4) is 11.1 Å². The molecule has 1 N–H and O–H groups in total. The van der Waals surface area contributed by atoms with Crippen LogP contribution in [0.25, 0.3) is 32.1 Å². The third-order valence-electron chi connectivity index (χ3n) is 4.50. The Morgan fingerprint density at radius 3 is 2.44 bits per heavy atom. The van der Waals surface area contributed by atoms with E-state index in [0.717, 1.165) is 27.3 Å². The van der Waals surface area contributed by atoms with Crippen molar-refractivity contribution in [1.82, 2.24) is 9.97 Å². The summed E-state index contributed by atoms with van der Waals surface area (Å²) in [6.45, 7) is 0. The van der Waals surface area contributed by atoms with Crippen LogP contribution >= 0.6 is 23.7 Å². The molecule has 0 bridgehead atoms. The molecule has 3 aromatic carbocycles. The van der Waals surface area contributed by atoms with Crippen molar-refractivity contribution >= 4 is 56.2 Å². The van der Waals surface area contributed by atoms with Crippen LogP contribution in [0.15, 0.2) is 84.5 Å². The number of benzene rings is 3. The number of fused-ring (bicyclic) bond motifs is 2. The third-order valence-corrected chi connectivity index (χ3v) is 5.38. The Morgan fingerprint density at radius 1 is 0.778 bits per heavy atom. The number of halogens is 1. The molecule has 0 aliphatic carbocycles. The van der Waals surface area contributed by atoms with Crippen LogP contribution in [0.3, 0.4) is 0 Å². The van der Waals surface area contributed by atoms with Gasteiger partial charge in [-0.25, -0.2) is 9.97 Å². The highest BCUT2D eigenvalue weighted by Gasteiger charge is 2.13. The van der Waals surface area contributed by atoms with E-state index in [2.05, 4.69) is 87.4 Å². The van der Waals surface area contributed by atoms with Crippen molar-refractivity contribution in [2.45, 2.75) is 0 Å². The van der Waals surface area contributed by atoms with Crippen LogP contribution in [0.4, 0.5) is 11.5 Å².